The summed E-state index contributed by atoms with van der Waals surface area (Å²) in [7, 11) is -3.96. The zero-order valence-corrected chi connectivity index (χ0v) is 15.6. The van der Waals surface area contributed by atoms with Crippen molar-refractivity contribution in [2.24, 2.45) is 5.73 Å². The first-order valence-corrected chi connectivity index (χ1v) is 9.35. The van der Waals surface area contributed by atoms with E-state index in [0.717, 1.165) is 11.6 Å². The molecule has 0 aliphatic carbocycles. The van der Waals surface area contributed by atoms with E-state index in [1.54, 1.807) is 18.2 Å². The highest BCUT2D eigenvalue weighted by molar-refractivity contribution is 7.92. The zero-order chi connectivity index (χ0) is 19.5. The molecule has 0 heterocycles. The number of hydrogen-bond acceptors (Lipinski definition) is 5. The van der Waals surface area contributed by atoms with Crippen LogP contribution >= 0.6 is 11.6 Å². The molecule has 2 aromatic carbocycles. The van der Waals surface area contributed by atoms with Crippen molar-refractivity contribution in [2.45, 2.75) is 24.8 Å². The first-order valence-electron chi connectivity index (χ1n) is 7.49. The molecule has 26 heavy (non-hydrogen) atoms. The van der Waals surface area contributed by atoms with Crippen molar-refractivity contribution in [3.05, 3.63) is 58.6 Å². The number of anilines is 1. The standard InChI is InChI=1S/C17H17ClN2O5S/c1-10-4-3-5-12(8-10)20-26(23,24)13-6-7-15(18)14(9-13)17(22)25-11(2)16(19)21/h3-9,11,20H,1-2H3,(H2,19,21)/t11-/m1/s1. The second-order valence-electron chi connectivity index (χ2n) is 5.57. The number of amides is 1. The van der Waals surface area contributed by atoms with Crippen LogP contribution in [0.15, 0.2) is 47.4 Å². The zero-order valence-electron chi connectivity index (χ0n) is 14.0. The number of hydrogen-bond donors (Lipinski definition) is 2. The van der Waals surface area contributed by atoms with E-state index in [-0.39, 0.29) is 15.5 Å². The van der Waals surface area contributed by atoms with Crippen LogP contribution in [0, 0.1) is 6.92 Å². The Morgan fingerprint density at radius 1 is 1.19 bits per heavy atom. The van der Waals surface area contributed by atoms with Gasteiger partial charge in [-0.15, -0.1) is 0 Å². The van der Waals surface area contributed by atoms with Crippen LogP contribution in [-0.2, 0) is 19.6 Å². The Labute approximate surface area is 156 Å². The van der Waals surface area contributed by atoms with Gasteiger partial charge in [0.25, 0.3) is 15.9 Å². The molecule has 9 heteroatoms. The van der Waals surface area contributed by atoms with E-state index < -0.39 is 28.0 Å². The quantitative estimate of drug-likeness (QED) is 0.727. The second-order valence-corrected chi connectivity index (χ2v) is 7.66. The second kappa shape index (κ2) is 7.76. The summed E-state index contributed by atoms with van der Waals surface area (Å²) in [5.74, 6) is -1.78. The summed E-state index contributed by atoms with van der Waals surface area (Å²) in [4.78, 5) is 23.0. The third kappa shape index (κ3) is 4.74. The molecule has 1 amide bonds. The van der Waals surface area contributed by atoms with Gasteiger partial charge in [0.05, 0.1) is 15.5 Å². The van der Waals surface area contributed by atoms with Crippen LogP contribution in [0.2, 0.25) is 5.02 Å². The van der Waals surface area contributed by atoms with E-state index in [2.05, 4.69) is 4.72 Å². The predicted octanol–water partition coefficient (Wildman–Crippen LogP) is 2.48. The molecule has 0 unspecified atom stereocenters. The number of ether oxygens (including phenoxy) is 1. The van der Waals surface area contributed by atoms with Crippen molar-refractivity contribution >= 4 is 39.2 Å². The number of carbonyl (C=O) groups is 2. The summed E-state index contributed by atoms with van der Waals surface area (Å²) < 4.78 is 32.4. The normalized spacial score (nSPS) is 12.3. The predicted molar refractivity (Wildman–Crippen MR) is 97.5 cm³/mol. The third-order valence-electron chi connectivity index (χ3n) is 3.42. The minimum Gasteiger partial charge on any atom is -0.449 e. The molecule has 138 valence electrons. The first kappa shape index (κ1) is 19.7. The van der Waals surface area contributed by atoms with Crippen molar-refractivity contribution < 1.29 is 22.7 Å². The highest BCUT2D eigenvalue weighted by Gasteiger charge is 2.22. The van der Waals surface area contributed by atoms with Crippen molar-refractivity contribution in [3.8, 4) is 0 Å². The lowest BCUT2D eigenvalue weighted by Gasteiger charge is -2.13. The molecule has 0 saturated heterocycles. The van der Waals surface area contributed by atoms with E-state index in [9.17, 15) is 18.0 Å². The van der Waals surface area contributed by atoms with Crippen molar-refractivity contribution in [2.75, 3.05) is 4.72 Å². The summed E-state index contributed by atoms with van der Waals surface area (Å²) in [5.41, 5.74) is 6.12. The van der Waals surface area contributed by atoms with Gasteiger partial charge in [0, 0.05) is 5.69 Å². The Hall–Kier alpha value is -2.58. The fourth-order valence-electron chi connectivity index (χ4n) is 2.03. The maximum absolute atomic E-state index is 12.5. The van der Waals surface area contributed by atoms with Crippen LogP contribution in [0.5, 0.6) is 0 Å². The van der Waals surface area contributed by atoms with Gasteiger partial charge in [-0.1, -0.05) is 23.7 Å². The molecule has 1 atom stereocenters. The summed E-state index contributed by atoms with van der Waals surface area (Å²) >= 11 is 5.95. The lowest BCUT2D eigenvalue weighted by atomic mass is 10.2. The van der Waals surface area contributed by atoms with Gasteiger partial charge in [0.2, 0.25) is 0 Å². The maximum Gasteiger partial charge on any atom is 0.340 e. The smallest absolute Gasteiger partial charge is 0.340 e. The number of halogens is 1. The molecule has 7 nitrogen and oxygen atoms in total. The Kier molecular flexibility index (Phi) is 5.89. The summed E-state index contributed by atoms with van der Waals surface area (Å²) in [6.07, 6.45) is -1.18. The van der Waals surface area contributed by atoms with Crippen LogP contribution in [0.1, 0.15) is 22.8 Å². The van der Waals surface area contributed by atoms with Gasteiger partial charge in [-0.05, 0) is 49.7 Å². The number of primary amides is 1. The first-order chi connectivity index (χ1) is 12.1. The summed E-state index contributed by atoms with van der Waals surface area (Å²) in [6, 6.07) is 10.4. The summed E-state index contributed by atoms with van der Waals surface area (Å²) in [6.45, 7) is 3.13. The molecule has 0 aliphatic rings. The molecule has 0 saturated carbocycles. The van der Waals surface area contributed by atoms with Gasteiger partial charge in [-0.2, -0.15) is 0 Å². The average molecular weight is 397 g/mol. The van der Waals surface area contributed by atoms with Crippen LogP contribution < -0.4 is 10.5 Å². The van der Waals surface area contributed by atoms with Crippen LogP contribution in [0.4, 0.5) is 5.69 Å². The lowest BCUT2D eigenvalue weighted by Crippen LogP contribution is -2.30. The molecule has 3 N–H and O–H groups in total. The molecule has 2 aromatic rings. The van der Waals surface area contributed by atoms with Gasteiger partial charge in [0.15, 0.2) is 6.10 Å². The van der Waals surface area contributed by atoms with E-state index >= 15 is 0 Å². The number of rotatable bonds is 6. The number of nitrogens with one attached hydrogen (secondary N) is 1. The number of carbonyl (C=O) groups excluding carboxylic acids is 2. The maximum atomic E-state index is 12.5. The molecular weight excluding hydrogens is 380 g/mol. The van der Waals surface area contributed by atoms with Gasteiger partial charge < -0.3 is 10.5 Å². The van der Waals surface area contributed by atoms with Gasteiger partial charge in [-0.25, -0.2) is 13.2 Å². The van der Waals surface area contributed by atoms with E-state index in [1.165, 1.54) is 19.1 Å². The molecule has 0 spiro atoms. The van der Waals surface area contributed by atoms with Crippen LogP contribution in [0.3, 0.4) is 0 Å². The molecule has 0 fully saturated rings. The number of aryl methyl sites for hydroxylation is 1. The fraction of sp³-hybridized carbons (Fsp3) is 0.176. The highest BCUT2D eigenvalue weighted by Crippen LogP contribution is 2.24. The SMILES string of the molecule is Cc1cccc(NS(=O)(=O)c2ccc(Cl)c(C(=O)O[C@H](C)C(N)=O)c2)c1. The molecule has 0 aliphatic heterocycles. The Bertz CT molecular complexity index is 959. The Morgan fingerprint density at radius 2 is 1.88 bits per heavy atom. The highest BCUT2D eigenvalue weighted by atomic mass is 35.5. The number of nitrogens with two attached hydrogens (primary N) is 1. The van der Waals surface area contributed by atoms with Gasteiger partial charge >= 0.3 is 5.97 Å². The van der Waals surface area contributed by atoms with E-state index in [4.69, 9.17) is 22.1 Å². The van der Waals surface area contributed by atoms with E-state index in [1.807, 2.05) is 13.0 Å². The van der Waals surface area contributed by atoms with Crippen LogP contribution in [0.25, 0.3) is 0 Å². The molecular formula is C17H17ClN2O5S. The Morgan fingerprint density at radius 3 is 2.50 bits per heavy atom. The van der Waals surface area contributed by atoms with Crippen LogP contribution in [-0.4, -0.2) is 26.4 Å². The van der Waals surface area contributed by atoms with Gasteiger partial charge in [0.1, 0.15) is 0 Å². The molecule has 0 radical (unpaired) electrons. The molecule has 0 aromatic heterocycles. The average Bonchev–Trinajstić information content (AvgIpc) is 2.54. The molecule has 0 bridgehead atoms. The minimum atomic E-state index is -3.96. The Balaban J connectivity index is 2.33. The summed E-state index contributed by atoms with van der Waals surface area (Å²) in [5, 5.41) is -0.0128. The van der Waals surface area contributed by atoms with Gasteiger partial charge in [-0.3, -0.25) is 9.52 Å². The van der Waals surface area contributed by atoms with E-state index in [0.29, 0.717) is 5.69 Å². The minimum absolute atomic E-state index is 0.0128. The van der Waals surface area contributed by atoms with Crippen molar-refractivity contribution in [1.29, 1.82) is 0 Å². The van der Waals surface area contributed by atoms with Crippen molar-refractivity contribution in [3.63, 3.8) is 0 Å². The largest absolute Gasteiger partial charge is 0.449 e. The number of benzene rings is 2. The topological polar surface area (TPSA) is 116 Å². The third-order valence-corrected chi connectivity index (χ3v) is 5.13. The number of esters is 1. The molecule has 2 rings (SSSR count). The van der Waals surface area contributed by atoms with Crippen molar-refractivity contribution in [1.82, 2.24) is 0 Å². The fourth-order valence-corrected chi connectivity index (χ4v) is 3.30. The lowest BCUT2D eigenvalue weighted by molar-refractivity contribution is -0.125. The monoisotopic (exact) mass is 396 g/mol. The number of sulfonamides is 1.